The lowest BCUT2D eigenvalue weighted by atomic mass is 10.4. The minimum absolute atomic E-state index is 0.106. The summed E-state index contributed by atoms with van der Waals surface area (Å²) in [7, 11) is 1.64. The van der Waals surface area contributed by atoms with Gasteiger partial charge in [0.05, 0.1) is 11.4 Å². The van der Waals surface area contributed by atoms with Crippen LogP contribution in [0.5, 0.6) is 0 Å². The van der Waals surface area contributed by atoms with E-state index in [1.54, 1.807) is 18.9 Å². The van der Waals surface area contributed by atoms with E-state index in [4.69, 9.17) is 4.74 Å². The maximum absolute atomic E-state index is 11.1. The number of hydrogen-bond acceptors (Lipinski definition) is 3. The molecule has 0 aliphatic carbocycles. The van der Waals surface area contributed by atoms with Crippen LogP contribution < -0.4 is 5.32 Å². The molecule has 0 heterocycles. The summed E-state index contributed by atoms with van der Waals surface area (Å²) in [5.41, 5.74) is 0. The number of halogens is 1. The second-order valence-corrected chi connectivity index (χ2v) is 4.88. The third-order valence-corrected chi connectivity index (χ3v) is 2.60. The summed E-state index contributed by atoms with van der Waals surface area (Å²) in [5.74, 6) is 0.984. The highest BCUT2D eigenvalue weighted by molar-refractivity contribution is 9.09. The third-order valence-electron chi connectivity index (χ3n) is 1.40. The highest BCUT2D eigenvalue weighted by Crippen LogP contribution is 1.99. The van der Waals surface area contributed by atoms with Gasteiger partial charge in [0, 0.05) is 25.8 Å². The average Bonchev–Trinajstić information content (AvgIpc) is 2.12. The van der Waals surface area contributed by atoms with Crippen molar-refractivity contribution in [2.24, 2.45) is 0 Å². The highest BCUT2D eigenvalue weighted by Gasteiger charge is 2.05. The van der Waals surface area contributed by atoms with Crippen molar-refractivity contribution in [1.29, 1.82) is 0 Å². The van der Waals surface area contributed by atoms with Crippen molar-refractivity contribution >= 4 is 33.6 Å². The summed E-state index contributed by atoms with van der Waals surface area (Å²) in [6, 6.07) is 0. The first kappa shape index (κ1) is 13.3. The Labute approximate surface area is 92.1 Å². The van der Waals surface area contributed by atoms with E-state index >= 15 is 0 Å². The zero-order valence-corrected chi connectivity index (χ0v) is 10.4. The van der Waals surface area contributed by atoms with E-state index in [-0.39, 0.29) is 10.7 Å². The number of methoxy groups -OCH3 is 1. The van der Waals surface area contributed by atoms with Gasteiger partial charge in [0.1, 0.15) is 0 Å². The van der Waals surface area contributed by atoms with Crippen LogP contribution in [0.4, 0.5) is 0 Å². The highest BCUT2D eigenvalue weighted by atomic mass is 79.9. The average molecular weight is 270 g/mol. The molecular formula is C8H16BrNO2S. The number of hydrogen-bond donors (Lipinski definition) is 1. The zero-order chi connectivity index (χ0) is 10.1. The van der Waals surface area contributed by atoms with Gasteiger partial charge in [-0.3, -0.25) is 4.79 Å². The fourth-order valence-electron chi connectivity index (χ4n) is 0.747. The van der Waals surface area contributed by atoms with Gasteiger partial charge in [0.25, 0.3) is 0 Å². The van der Waals surface area contributed by atoms with Gasteiger partial charge in [0.2, 0.25) is 5.91 Å². The summed E-state index contributed by atoms with van der Waals surface area (Å²) < 4.78 is 4.91. The first-order valence-corrected chi connectivity index (χ1v) is 6.40. The van der Waals surface area contributed by atoms with Crippen LogP contribution in [0.25, 0.3) is 0 Å². The molecule has 1 amide bonds. The molecule has 1 atom stereocenters. The van der Waals surface area contributed by atoms with Crippen molar-refractivity contribution in [2.75, 3.05) is 32.3 Å². The molecule has 0 aromatic rings. The maximum Gasteiger partial charge on any atom is 0.220 e. The van der Waals surface area contributed by atoms with Crippen LogP contribution >= 0.6 is 27.7 Å². The van der Waals surface area contributed by atoms with Crippen molar-refractivity contribution in [3.8, 4) is 0 Å². The van der Waals surface area contributed by atoms with Crippen molar-refractivity contribution < 1.29 is 9.53 Å². The molecule has 0 fully saturated rings. The molecular weight excluding hydrogens is 254 g/mol. The molecule has 0 aromatic carbocycles. The molecule has 0 aromatic heterocycles. The van der Waals surface area contributed by atoms with Crippen LogP contribution in [0.2, 0.25) is 0 Å². The van der Waals surface area contributed by atoms with Crippen LogP contribution in [-0.2, 0) is 9.53 Å². The molecule has 0 aliphatic heterocycles. The van der Waals surface area contributed by atoms with E-state index in [9.17, 15) is 4.79 Å². The summed E-state index contributed by atoms with van der Waals surface area (Å²) in [6.45, 7) is 1.24. The van der Waals surface area contributed by atoms with E-state index < -0.39 is 0 Å². The van der Waals surface area contributed by atoms with E-state index in [2.05, 4.69) is 21.2 Å². The second kappa shape index (κ2) is 8.84. The van der Waals surface area contributed by atoms with E-state index in [0.717, 1.165) is 5.75 Å². The molecule has 0 rings (SSSR count). The topological polar surface area (TPSA) is 38.3 Å². The lowest BCUT2D eigenvalue weighted by Gasteiger charge is -2.09. The Morgan fingerprint density at radius 2 is 2.38 bits per heavy atom. The number of nitrogens with one attached hydrogen (secondary N) is 1. The molecule has 0 spiro atoms. The summed E-state index contributed by atoms with van der Waals surface area (Å²) in [4.78, 5) is 11.3. The van der Waals surface area contributed by atoms with Crippen molar-refractivity contribution in [2.45, 2.75) is 11.2 Å². The molecule has 0 bridgehead atoms. The van der Waals surface area contributed by atoms with Gasteiger partial charge in [-0.25, -0.2) is 0 Å². The Hall–Kier alpha value is 0.260. The van der Waals surface area contributed by atoms with Crippen molar-refractivity contribution in [1.82, 2.24) is 5.32 Å². The van der Waals surface area contributed by atoms with E-state index in [1.807, 2.05) is 6.26 Å². The lowest BCUT2D eigenvalue weighted by Crippen LogP contribution is -2.31. The van der Waals surface area contributed by atoms with Gasteiger partial charge >= 0.3 is 0 Å². The van der Waals surface area contributed by atoms with Gasteiger partial charge in [-0.15, -0.1) is 0 Å². The lowest BCUT2D eigenvalue weighted by molar-refractivity contribution is -0.120. The molecule has 5 heteroatoms. The predicted octanol–water partition coefficient (Wildman–Crippen LogP) is 1.27. The number of alkyl halides is 1. The maximum atomic E-state index is 11.1. The molecule has 0 radical (unpaired) electrons. The summed E-state index contributed by atoms with van der Waals surface area (Å²) >= 11 is 5.07. The van der Waals surface area contributed by atoms with Gasteiger partial charge in [-0.05, 0) is 6.26 Å². The summed E-state index contributed by atoms with van der Waals surface area (Å²) in [6.07, 6.45) is 2.58. The standard InChI is InChI=1S/C8H16BrNO2S/c1-12-6-7(9)5-10-8(11)3-4-13-2/h7H,3-6H2,1-2H3,(H,10,11). The number of rotatable bonds is 7. The molecule has 0 saturated carbocycles. The smallest absolute Gasteiger partial charge is 0.220 e. The van der Waals surface area contributed by atoms with Gasteiger partial charge in [0.15, 0.2) is 0 Å². The van der Waals surface area contributed by atoms with E-state index in [1.165, 1.54) is 0 Å². The summed E-state index contributed by atoms with van der Waals surface area (Å²) in [5, 5.41) is 2.82. The number of carbonyl (C=O) groups excluding carboxylic acids is 1. The quantitative estimate of drug-likeness (QED) is 0.708. The first-order valence-electron chi connectivity index (χ1n) is 4.09. The van der Waals surface area contributed by atoms with Crippen LogP contribution in [0.3, 0.4) is 0 Å². The SMILES string of the molecule is COCC(Br)CNC(=O)CCSC. The second-order valence-electron chi connectivity index (χ2n) is 2.60. The Morgan fingerprint density at radius 3 is 2.92 bits per heavy atom. The third kappa shape index (κ3) is 8.59. The fourth-order valence-corrected chi connectivity index (χ4v) is 1.56. The molecule has 13 heavy (non-hydrogen) atoms. The minimum atomic E-state index is 0.106. The van der Waals surface area contributed by atoms with Crippen LogP contribution in [-0.4, -0.2) is 43.0 Å². The first-order chi connectivity index (χ1) is 6.20. The zero-order valence-electron chi connectivity index (χ0n) is 8.01. The Bertz CT molecular complexity index is 146. The number of carbonyl (C=O) groups is 1. The number of amides is 1. The monoisotopic (exact) mass is 269 g/mol. The number of thioether (sulfide) groups is 1. The molecule has 78 valence electrons. The molecule has 1 unspecified atom stereocenters. The predicted molar refractivity (Wildman–Crippen MR) is 60.6 cm³/mol. The van der Waals surface area contributed by atoms with Crippen LogP contribution in [0.1, 0.15) is 6.42 Å². The normalized spacial score (nSPS) is 12.5. The molecule has 0 aliphatic rings. The van der Waals surface area contributed by atoms with Crippen molar-refractivity contribution in [3.63, 3.8) is 0 Å². The van der Waals surface area contributed by atoms with Crippen LogP contribution in [0, 0.1) is 0 Å². The van der Waals surface area contributed by atoms with Gasteiger partial charge in [-0.1, -0.05) is 15.9 Å². The Morgan fingerprint density at radius 1 is 1.69 bits per heavy atom. The number of ether oxygens (including phenoxy) is 1. The Kier molecular flexibility index (Phi) is 9.02. The fraction of sp³-hybridized carbons (Fsp3) is 0.875. The van der Waals surface area contributed by atoms with Gasteiger partial charge in [-0.2, -0.15) is 11.8 Å². The van der Waals surface area contributed by atoms with Crippen LogP contribution in [0.15, 0.2) is 0 Å². The minimum Gasteiger partial charge on any atom is -0.383 e. The van der Waals surface area contributed by atoms with Crippen molar-refractivity contribution in [3.05, 3.63) is 0 Å². The molecule has 1 N–H and O–H groups in total. The Balaban J connectivity index is 3.34. The van der Waals surface area contributed by atoms with Gasteiger partial charge < -0.3 is 10.1 Å². The molecule has 0 saturated heterocycles. The largest absolute Gasteiger partial charge is 0.383 e. The molecule has 3 nitrogen and oxygen atoms in total. The van der Waals surface area contributed by atoms with E-state index in [0.29, 0.717) is 19.6 Å².